The summed E-state index contributed by atoms with van der Waals surface area (Å²) in [5, 5.41) is 6.76. The van der Waals surface area contributed by atoms with Crippen LogP contribution in [0.25, 0.3) is 5.69 Å². The van der Waals surface area contributed by atoms with Gasteiger partial charge in [0.05, 0.1) is 12.2 Å². The normalized spacial score (nSPS) is 11.4. The van der Waals surface area contributed by atoms with Crippen LogP contribution in [0.2, 0.25) is 0 Å². The van der Waals surface area contributed by atoms with Crippen LogP contribution in [0.5, 0.6) is 5.75 Å². The first-order chi connectivity index (χ1) is 14.2. The van der Waals surface area contributed by atoms with E-state index >= 15 is 0 Å². The number of halogens is 5. The van der Waals surface area contributed by atoms with Crippen molar-refractivity contribution >= 4 is 5.91 Å². The van der Waals surface area contributed by atoms with Crippen molar-refractivity contribution in [2.45, 2.75) is 6.18 Å². The summed E-state index contributed by atoms with van der Waals surface area (Å²) in [5.41, 5.74) is -2.61. The second kappa shape index (κ2) is 8.47. The number of alkyl halides is 3. The molecule has 0 bridgehead atoms. The number of rotatable bonds is 6. The van der Waals surface area contributed by atoms with E-state index in [0.29, 0.717) is 4.68 Å². The molecular formula is C19H15F5N4O2. The van der Waals surface area contributed by atoms with Crippen LogP contribution in [0.15, 0.2) is 48.5 Å². The van der Waals surface area contributed by atoms with Crippen molar-refractivity contribution in [2.24, 2.45) is 0 Å². The number of likely N-dealkylation sites (N-methyl/N-ethyl adjacent to an activating group) is 1. The lowest BCUT2D eigenvalue weighted by Crippen LogP contribution is -2.33. The molecule has 1 aromatic heterocycles. The standard InChI is InChI=1S/C19H15F5N4O2/c1-27(9-10-30-15-8-3-2-7-14(15)21)18(29)16-17(19(22,23)24)28(26-25-16)13-6-4-5-12(20)11-13/h2-8,11H,9-10H2,1H3. The average molecular weight is 426 g/mol. The largest absolute Gasteiger partial charge is 0.489 e. The fraction of sp³-hybridized carbons (Fsp3) is 0.211. The van der Waals surface area contributed by atoms with Crippen LogP contribution in [0.4, 0.5) is 22.0 Å². The van der Waals surface area contributed by atoms with E-state index < -0.39 is 35.1 Å². The van der Waals surface area contributed by atoms with Gasteiger partial charge in [-0.15, -0.1) is 5.10 Å². The molecule has 0 saturated heterocycles. The molecule has 1 amide bonds. The number of nitrogens with zero attached hydrogens (tertiary/aromatic N) is 4. The molecule has 6 nitrogen and oxygen atoms in total. The third kappa shape index (κ3) is 4.56. The molecule has 0 aliphatic heterocycles. The number of benzene rings is 2. The minimum atomic E-state index is -4.98. The van der Waals surface area contributed by atoms with Crippen LogP contribution < -0.4 is 4.74 Å². The molecule has 0 atom stereocenters. The van der Waals surface area contributed by atoms with Crippen LogP contribution in [-0.2, 0) is 6.18 Å². The van der Waals surface area contributed by atoms with Crippen molar-refractivity contribution in [3.8, 4) is 11.4 Å². The van der Waals surface area contributed by atoms with Crippen molar-refractivity contribution in [3.05, 3.63) is 71.6 Å². The summed E-state index contributed by atoms with van der Waals surface area (Å²) in [7, 11) is 1.24. The van der Waals surface area contributed by atoms with Crippen LogP contribution >= 0.6 is 0 Å². The van der Waals surface area contributed by atoms with Crippen molar-refractivity contribution in [1.29, 1.82) is 0 Å². The van der Waals surface area contributed by atoms with E-state index in [1.807, 2.05) is 0 Å². The Kier molecular flexibility index (Phi) is 5.99. The van der Waals surface area contributed by atoms with Gasteiger partial charge in [-0.3, -0.25) is 4.79 Å². The van der Waals surface area contributed by atoms with Gasteiger partial charge in [0, 0.05) is 7.05 Å². The molecule has 3 aromatic rings. The Bertz CT molecular complexity index is 1050. The molecule has 0 saturated carbocycles. The first-order valence-electron chi connectivity index (χ1n) is 8.60. The predicted octanol–water partition coefficient (Wildman–Crippen LogP) is 3.72. The predicted molar refractivity (Wildman–Crippen MR) is 95.2 cm³/mol. The van der Waals surface area contributed by atoms with Gasteiger partial charge in [-0.1, -0.05) is 23.4 Å². The lowest BCUT2D eigenvalue weighted by molar-refractivity contribution is -0.143. The Balaban J connectivity index is 1.80. The Labute approximate surface area is 167 Å². The zero-order chi connectivity index (χ0) is 21.9. The zero-order valence-corrected chi connectivity index (χ0v) is 15.5. The lowest BCUT2D eigenvalue weighted by atomic mass is 10.2. The van der Waals surface area contributed by atoms with E-state index in [4.69, 9.17) is 4.74 Å². The molecule has 0 aliphatic rings. The molecule has 30 heavy (non-hydrogen) atoms. The van der Waals surface area contributed by atoms with Gasteiger partial charge in [0.1, 0.15) is 12.4 Å². The summed E-state index contributed by atoms with van der Waals surface area (Å²) < 4.78 is 73.4. The van der Waals surface area contributed by atoms with Crippen molar-refractivity contribution < 1.29 is 31.5 Å². The summed E-state index contributed by atoms with van der Waals surface area (Å²) in [5.74, 6) is -2.50. The van der Waals surface area contributed by atoms with Gasteiger partial charge in [-0.05, 0) is 30.3 Å². The highest BCUT2D eigenvalue weighted by atomic mass is 19.4. The summed E-state index contributed by atoms with van der Waals surface area (Å²) in [6.45, 7) is -0.306. The van der Waals surface area contributed by atoms with Crippen LogP contribution in [0, 0.1) is 11.6 Å². The molecule has 0 unspecified atom stereocenters. The number of hydrogen-bond donors (Lipinski definition) is 0. The lowest BCUT2D eigenvalue weighted by Gasteiger charge is -2.18. The molecule has 1 heterocycles. The number of ether oxygens (including phenoxy) is 1. The van der Waals surface area contributed by atoms with Crippen molar-refractivity contribution in [1.82, 2.24) is 19.9 Å². The van der Waals surface area contributed by atoms with Gasteiger partial charge >= 0.3 is 6.18 Å². The zero-order valence-electron chi connectivity index (χ0n) is 15.5. The smallest absolute Gasteiger partial charge is 0.435 e. The minimum Gasteiger partial charge on any atom is -0.489 e. The van der Waals surface area contributed by atoms with Crippen LogP contribution in [0.3, 0.4) is 0 Å². The van der Waals surface area contributed by atoms with Crippen molar-refractivity contribution in [3.63, 3.8) is 0 Å². The second-order valence-electron chi connectivity index (χ2n) is 6.18. The van der Waals surface area contributed by atoms with E-state index in [0.717, 1.165) is 17.0 Å². The maximum absolute atomic E-state index is 13.6. The summed E-state index contributed by atoms with van der Waals surface area (Å²) >= 11 is 0. The molecule has 11 heteroatoms. The molecule has 0 aliphatic carbocycles. The Morgan fingerprint density at radius 2 is 1.87 bits per heavy atom. The summed E-state index contributed by atoms with van der Waals surface area (Å²) in [6.07, 6.45) is -4.98. The van der Waals surface area contributed by atoms with E-state index in [-0.39, 0.29) is 24.6 Å². The topological polar surface area (TPSA) is 60.2 Å². The Morgan fingerprint density at radius 3 is 2.53 bits per heavy atom. The highest BCUT2D eigenvalue weighted by Gasteiger charge is 2.42. The van der Waals surface area contributed by atoms with E-state index in [9.17, 15) is 26.7 Å². The van der Waals surface area contributed by atoms with Gasteiger partial charge < -0.3 is 9.64 Å². The molecule has 0 spiro atoms. The van der Waals surface area contributed by atoms with Gasteiger partial charge in [0.25, 0.3) is 5.91 Å². The molecule has 2 aromatic carbocycles. The third-order valence-corrected chi connectivity index (χ3v) is 4.06. The monoisotopic (exact) mass is 426 g/mol. The van der Waals surface area contributed by atoms with Gasteiger partial charge in [0.15, 0.2) is 23.0 Å². The minimum absolute atomic E-state index is 0.0496. The molecule has 3 rings (SSSR count). The number of carbonyl (C=O) groups is 1. The van der Waals surface area contributed by atoms with Crippen molar-refractivity contribution in [2.75, 3.05) is 20.2 Å². The quantitative estimate of drug-likeness (QED) is 0.564. The van der Waals surface area contributed by atoms with Gasteiger partial charge in [-0.2, -0.15) is 13.2 Å². The van der Waals surface area contributed by atoms with E-state index in [1.54, 1.807) is 6.07 Å². The van der Waals surface area contributed by atoms with Crippen LogP contribution in [0.1, 0.15) is 16.2 Å². The van der Waals surface area contributed by atoms with E-state index in [1.165, 1.54) is 37.4 Å². The highest BCUT2D eigenvalue weighted by molar-refractivity contribution is 5.93. The maximum atomic E-state index is 13.6. The Hall–Kier alpha value is -3.50. The number of aromatic nitrogens is 3. The summed E-state index contributed by atoms with van der Waals surface area (Å²) in [4.78, 5) is 13.5. The van der Waals surface area contributed by atoms with Gasteiger partial charge in [-0.25, -0.2) is 13.5 Å². The third-order valence-electron chi connectivity index (χ3n) is 4.06. The molecule has 0 fully saturated rings. The fourth-order valence-corrected chi connectivity index (χ4v) is 2.61. The summed E-state index contributed by atoms with van der Waals surface area (Å²) in [6, 6.07) is 9.89. The van der Waals surface area contributed by atoms with Crippen LogP contribution in [-0.4, -0.2) is 46.0 Å². The number of amides is 1. The molecule has 0 radical (unpaired) electrons. The highest BCUT2D eigenvalue weighted by Crippen LogP contribution is 2.33. The average Bonchev–Trinajstić information content (AvgIpc) is 3.14. The first-order valence-corrected chi connectivity index (χ1v) is 8.60. The Morgan fingerprint density at radius 1 is 1.13 bits per heavy atom. The first kappa shape index (κ1) is 21.2. The maximum Gasteiger partial charge on any atom is 0.435 e. The number of hydrogen-bond acceptors (Lipinski definition) is 4. The SMILES string of the molecule is CN(CCOc1ccccc1F)C(=O)c1nnn(-c2cccc(F)c2)c1C(F)(F)F. The molecule has 158 valence electrons. The fourth-order valence-electron chi connectivity index (χ4n) is 2.61. The molecule has 0 N–H and O–H groups in total. The van der Waals surface area contributed by atoms with E-state index in [2.05, 4.69) is 10.3 Å². The number of para-hydroxylation sites is 1. The number of carbonyl (C=O) groups excluding carboxylic acids is 1. The molecular weight excluding hydrogens is 411 g/mol. The van der Waals surface area contributed by atoms with Gasteiger partial charge in [0.2, 0.25) is 0 Å². The second-order valence-corrected chi connectivity index (χ2v) is 6.18.